The average Bonchev–Trinajstić information content (AvgIpc) is 3.19. The molecule has 5 heteroatoms. The van der Waals surface area contributed by atoms with Gasteiger partial charge in [0.15, 0.2) is 0 Å². The van der Waals surface area contributed by atoms with Crippen molar-refractivity contribution in [3.05, 3.63) is 23.9 Å². The summed E-state index contributed by atoms with van der Waals surface area (Å²) in [5.41, 5.74) is 0.709. The Morgan fingerprint density at radius 1 is 1.29 bits per heavy atom. The molecule has 0 saturated carbocycles. The quantitative estimate of drug-likeness (QED) is 0.912. The third kappa shape index (κ3) is 3.02. The largest absolute Gasteiger partial charge is 0.357 e. The summed E-state index contributed by atoms with van der Waals surface area (Å²) in [5.74, 6) is 1.12. The smallest absolute Gasteiger partial charge is 0.255 e. The number of nitrogens with zero attached hydrogens (tertiary/aromatic N) is 3. The highest BCUT2D eigenvalue weighted by atomic mass is 16.2. The summed E-state index contributed by atoms with van der Waals surface area (Å²) in [6.45, 7) is 3.89. The highest BCUT2D eigenvalue weighted by molar-refractivity contribution is 5.94. The van der Waals surface area contributed by atoms with E-state index in [1.807, 2.05) is 24.1 Å². The standard InChI is InChI=1S/C16H24N4O/c1-17-12-14-5-4-10-20(14)16(21)13-6-7-15(18-11-13)19-8-2-3-9-19/h6-7,11,14,17H,2-5,8-10,12H2,1H3. The molecule has 2 fully saturated rings. The lowest BCUT2D eigenvalue weighted by Gasteiger charge is -2.24. The van der Waals surface area contributed by atoms with Crippen LogP contribution in [0, 0.1) is 0 Å². The fourth-order valence-electron chi connectivity index (χ4n) is 3.36. The zero-order valence-electron chi connectivity index (χ0n) is 12.7. The monoisotopic (exact) mass is 288 g/mol. The van der Waals surface area contributed by atoms with Crippen molar-refractivity contribution in [2.45, 2.75) is 31.7 Å². The maximum absolute atomic E-state index is 12.6. The average molecular weight is 288 g/mol. The number of likely N-dealkylation sites (tertiary alicyclic amines) is 1. The number of hydrogen-bond acceptors (Lipinski definition) is 4. The van der Waals surface area contributed by atoms with Gasteiger partial charge in [0.2, 0.25) is 0 Å². The van der Waals surface area contributed by atoms with Crippen molar-refractivity contribution in [3.63, 3.8) is 0 Å². The number of amides is 1. The first kappa shape index (κ1) is 14.3. The number of carbonyl (C=O) groups is 1. The molecule has 3 heterocycles. The molecule has 0 aliphatic carbocycles. The van der Waals surface area contributed by atoms with Gasteiger partial charge in [0.1, 0.15) is 5.82 Å². The van der Waals surface area contributed by atoms with Crippen molar-refractivity contribution in [3.8, 4) is 0 Å². The maximum atomic E-state index is 12.6. The summed E-state index contributed by atoms with van der Waals surface area (Å²) in [7, 11) is 1.94. The predicted molar refractivity (Wildman–Crippen MR) is 83.7 cm³/mol. The Balaban J connectivity index is 1.69. The molecule has 2 aliphatic heterocycles. The Morgan fingerprint density at radius 2 is 2.10 bits per heavy atom. The highest BCUT2D eigenvalue weighted by Gasteiger charge is 2.29. The van der Waals surface area contributed by atoms with Gasteiger partial charge in [-0.25, -0.2) is 4.98 Å². The van der Waals surface area contributed by atoms with Crippen molar-refractivity contribution < 1.29 is 4.79 Å². The van der Waals surface area contributed by atoms with Crippen LogP contribution in [0.4, 0.5) is 5.82 Å². The molecule has 1 N–H and O–H groups in total. The van der Waals surface area contributed by atoms with E-state index in [-0.39, 0.29) is 5.91 Å². The van der Waals surface area contributed by atoms with Gasteiger partial charge in [-0.3, -0.25) is 4.79 Å². The molecule has 0 aromatic carbocycles. The lowest BCUT2D eigenvalue weighted by Crippen LogP contribution is -2.40. The van der Waals surface area contributed by atoms with Crippen molar-refractivity contribution in [2.24, 2.45) is 0 Å². The predicted octanol–water partition coefficient (Wildman–Crippen LogP) is 1.51. The van der Waals surface area contributed by atoms with Gasteiger partial charge in [-0.05, 0) is 44.9 Å². The summed E-state index contributed by atoms with van der Waals surface area (Å²) in [5, 5.41) is 3.18. The van der Waals surface area contributed by atoms with E-state index in [1.54, 1.807) is 6.20 Å². The summed E-state index contributed by atoms with van der Waals surface area (Å²) >= 11 is 0. The molecule has 1 atom stereocenters. The molecule has 1 aromatic heterocycles. The Morgan fingerprint density at radius 3 is 2.76 bits per heavy atom. The minimum absolute atomic E-state index is 0.119. The third-order valence-electron chi connectivity index (χ3n) is 4.50. The molecule has 3 rings (SSSR count). The van der Waals surface area contributed by atoms with E-state index in [0.29, 0.717) is 11.6 Å². The number of aromatic nitrogens is 1. The Hall–Kier alpha value is -1.62. The minimum Gasteiger partial charge on any atom is -0.357 e. The van der Waals surface area contributed by atoms with Crippen LogP contribution in [0.5, 0.6) is 0 Å². The van der Waals surface area contributed by atoms with Crippen LogP contribution < -0.4 is 10.2 Å². The molecule has 0 bridgehead atoms. The Kier molecular flexibility index (Phi) is 4.39. The second kappa shape index (κ2) is 6.43. The van der Waals surface area contributed by atoms with Gasteiger partial charge in [0.25, 0.3) is 5.91 Å². The molecule has 2 aliphatic rings. The van der Waals surface area contributed by atoms with Crippen LogP contribution in [-0.2, 0) is 0 Å². The number of nitrogens with one attached hydrogen (secondary N) is 1. The molecular weight excluding hydrogens is 264 g/mol. The van der Waals surface area contributed by atoms with Crippen molar-refractivity contribution >= 4 is 11.7 Å². The Bertz CT molecular complexity index is 482. The van der Waals surface area contributed by atoms with Gasteiger partial charge in [0.05, 0.1) is 5.56 Å². The number of carbonyl (C=O) groups excluding carboxylic acids is 1. The zero-order valence-corrected chi connectivity index (χ0v) is 12.7. The summed E-state index contributed by atoms with van der Waals surface area (Å²) in [4.78, 5) is 21.4. The topological polar surface area (TPSA) is 48.5 Å². The molecule has 114 valence electrons. The molecule has 1 unspecified atom stereocenters. The second-order valence-electron chi connectivity index (χ2n) is 5.95. The van der Waals surface area contributed by atoms with Crippen molar-refractivity contribution in [1.29, 1.82) is 0 Å². The highest BCUT2D eigenvalue weighted by Crippen LogP contribution is 2.21. The fraction of sp³-hybridized carbons (Fsp3) is 0.625. The summed E-state index contributed by atoms with van der Waals surface area (Å²) < 4.78 is 0. The van der Waals surface area contributed by atoms with E-state index in [9.17, 15) is 4.79 Å². The van der Waals surface area contributed by atoms with Gasteiger partial charge in [-0.15, -0.1) is 0 Å². The number of hydrogen-bond donors (Lipinski definition) is 1. The van der Waals surface area contributed by atoms with Crippen LogP contribution in [0.15, 0.2) is 18.3 Å². The van der Waals surface area contributed by atoms with Crippen molar-refractivity contribution in [2.75, 3.05) is 38.1 Å². The van der Waals surface area contributed by atoms with Crippen LogP contribution in [0.2, 0.25) is 0 Å². The summed E-state index contributed by atoms with van der Waals surface area (Å²) in [6, 6.07) is 4.24. The lowest BCUT2D eigenvalue weighted by molar-refractivity contribution is 0.0736. The third-order valence-corrected chi connectivity index (χ3v) is 4.50. The van der Waals surface area contributed by atoms with Gasteiger partial charge in [-0.1, -0.05) is 0 Å². The first-order valence-corrected chi connectivity index (χ1v) is 7.96. The molecule has 1 amide bonds. The molecular formula is C16H24N4O. The van der Waals surface area contributed by atoms with Crippen molar-refractivity contribution in [1.82, 2.24) is 15.2 Å². The molecule has 1 aromatic rings. The van der Waals surface area contributed by atoms with Crippen LogP contribution in [0.3, 0.4) is 0 Å². The number of anilines is 1. The second-order valence-corrected chi connectivity index (χ2v) is 5.95. The first-order chi connectivity index (χ1) is 10.3. The molecule has 0 spiro atoms. The van der Waals surface area contributed by atoms with E-state index in [0.717, 1.165) is 44.8 Å². The molecule has 2 saturated heterocycles. The van der Waals surface area contributed by atoms with E-state index < -0.39 is 0 Å². The van der Waals surface area contributed by atoms with Crippen LogP contribution >= 0.6 is 0 Å². The molecule has 5 nitrogen and oxygen atoms in total. The number of pyridine rings is 1. The SMILES string of the molecule is CNCC1CCCN1C(=O)c1ccc(N2CCCC2)nc1. The fourth-order valence-corrected chi connectivity index (χ4v) is 3.36. The number of likely N-dealkylation sites (N-methyl/N-ethyl adjacent to an activating group) is 1. The maximum Gasteiger partial charge on any atom is 0.255 e. The van der Waals surface area contributed by atoms with E-state index in [2.05, 4.69) is 15.2 Å². The zero-order chi connectivity index (χ0) is 14.7. The molecule has 0 radical (unpaired) electrons. The van der Waals surface area contributed by atoms with Crippen LogP contribution in [0.25, 0.3) is 0 Å². The van der Waals surface area contributed by atoms with Gasteiger partial charge in [-0.2, -0.15) is 0 Å². The molecule has 21 heavy (non-hydrogen) atoms. The normalized spacial score (nSPS) is 22.0. The Labute approximate surface area is 126 Å². The minimum atomic E-state index is 0.119. The van der Waals surface area contributed by atoms with E-state index in [1.165, 1.54) is 12.8 Å². The van der Waals surface area contributed by atoms with Gasteiger partial charge >= 0.3 is 0 Å². The van der Waals surface area contributed by atoms with Gasteiger partial charge in [0, 0.05) is 38.4 Å². The number of rotatable bonds is 4. The van der Waals surface area contributed by atoms with E-state index >= 15 is 0 Å². The first-order valence-electron chi connectivity index (χ1n) is 7.96. The van der Waals surface area contributed by atoms with Crippen LogP contribution in [-0.4, -0.2) is 55.1 Å². The summed E-state index contributed by atoms with van der Waals surface area (Å²) in [6.07, 6.45) is 6.40. The lowest BCUT2D eigenvalue weighted by atomic mass is 10.2. The van der Waals surface area contributed by atoms with Crippen LogP contribution in [0.1, 0.15) is 36.0 Å². The van der Waals surface area contributed by atoms with E-state index in [4.69, 9.17) is 0 Å². The van der Waals surface area contributed by atoms with Gasteiger partial charge < -0.3 is 15.1 Å².